The predicted octanol–water partition coefficient (Wildman–Crippen LogP) is 2.57. The van der Waals surface area contributed by atoms with Crippen molar-refractivity contribution in [1.82, 2.24) is 0 Å². The summed E-state index contributed by atoms with van der Waals surface area (Å²) in [5, 5.41) is 0.628. The van der Waals surface area contributed by atoms with Crippen LogP contribution in [0.25, 0.3) is 0 Å². The lowest BCUT2D eigenvalue weighted by Crippen LogP contribution is -1.98. The number of ether oxygens (including phenoxy) is 1. The second-order valence-electron chi connectivity index (χ2n) is 2.27. The summed E-state index contributed by atoms with van der Waals surface area (Å²) in [7, 11) is 1.60. The Hall–Kier alpha value is -0.250. The normalized spacial score (nSPS) is 10.0. The molecule has 0 aliphatic rings. The van der Waals surface area contributed by atoms with Gasteiger partial charge in [0.25, 0.3) is 0 Å². The molecule has 0 unspecified atom stereocenters. The van der Waals surface area contributed by atoms with Crippen LogP contribution >= 0.6 is 27.5 Å². The minimum Gasteiger partial charge on any atom is -0.497 e. The molecule has 1 aromatic carbocycles. The van der Waals surface area contributed by atoms with Crippen LogP contribution in [0.15, 0.2) is 16.6 Å². The summed E-state index contributed by atoms with van der Waals surface area (Å²) in [5.41, 5.74) is 6.39. The molecule has 4 heteroatoms. The Morgan fingerprint density at radius 3 is 2.67 bits per heavy atom. The molecule has 2 N–H and O–H groups in total. The Morgan fingerprint density at radius 1 is 1.58 bits per heavy atom. The van der Waals surface area contributed by atoms with E-state index < -0.39 is 0 Å². The molecule has 1 rings (SSSR count). The molecule has 0 aliphatic heterocycles. The first-order chi connectivity index (χ1) is 5.69. The topological polar surface area (TPSA) is 35.2 Å². The number of halogens is 2. The highest BCUT2D eigenvalue weighted by Crippen LogP contribution is 2.29. The lowest BCUT2D eigenvalue weighted by molar-refractivity contribution is 0.414. The van der Waals surface area contributed by atoms with Crippen molar-refractivity contribution in [2.24, 2.45) is 5.73 Å². The summed E-state index contributed by atoms with van der Waals surface area (Å²) in [6.07, 6.45) is 0. The quantitative estimate of drug-likeness (QED) is 0.875. The monoisotopic (exact) mass is 249 g/mol. The van der Waals surface area contributed by atoms with Crippen molar-refractivity contribution in [3.05, 3.63) is 27.2 Å². The van der Waals surface area contributed by atoms with E-state index >= 15 is 0 Å². The van der Waals surface area contributed by atoms with Crippen LogP contribution in [0.2, 0.25) is 5.02 Å². The van der Waals surface area contributed by atoms with Gasteiger partial charge in [0.2, 0.25) is 0 Å². The Kier molecular flexibility index (Phi) is 3.38. The smallest absolute Gasteiger partial charge is 0.121 e. The summed E-state index contributed by atoms with van der Waals surface area (Å²) < 4.78 is 5.90. The van der Waals surface area contributed by atoms with Gasteiger partial charge in [-0.15, -0.1) is 0 Å². The SMILES string of the molecule is COc1cc(Cl)c(CN)c(Br)c1. The minimum absolute atomic E-state index is 0.420. The average Bonchev–Trinajstić information content (AvgIpc) is 2.03. The molecule has 0 spiro atoms. The van der Waals surface area contributed by atoms with Crippen molar-refractivity contribution in [2.45, 2.75) is 6.54 Å². The van der Waals surface area contributed by atoms with Gasteiger partial charge in [0, 0.05) is 16.0 Å². The van der Waals surface area contributed by atoms with Crippen molar-refractivity contribution >= 4 is 27.5 Å². The summed E-state index contributed by atoms with van der Waals surface area (Å²) in [6.45, 7) is 0.420. The maximum absolute atomic E-state index is 5.92. The van der Waals surface area contributed by atoms with Gasteiger partial charge in [0.1, 0.15) is 5.75 Å². The molecule has 0 amide bonds. The minimum atomic E-state index is 0.420. The standard InChI is InChI=1S/C8H9BrClNO/c1-12-5-2-7(9)6(4-11)8(10)3-5/h2-3H,4,11H2,1H3. The molecule has 12 heavy (non-hydrogen) atoms. The van der Waals surface area contributed by atoms with Gasteiger partial charge in [0.15, 0.2) is 0 Å². The maximum atomic E-state index is 5.92. The molecule has 0 heterocycles. The zero-order valence-corrected chi connectivity index (χ0v) is 8.95. The highest BCUT2D eigenvalue weighted by molar-refractivity contribution is 9.10. The lowest BCUT2D eigenvalue weighted by Gasteiger charge is -2.06. The predicted molar refractivity (Wildman–Crippen MR) is 53.6 cm³/mol. The largest absolute Gasteiger partial charge is 0.497 e. The molecule has 0 saturated carbocycles. The van der Waals surface area contributed by atoms with Gasteiger partial charge in [-0.2, -0.15) is 0 Å². The third-order valence-corrected chi connectivity index (χ3v) is 2.60. The van der Waals surface area contributed by atoms with Crippen molar-refractivity contribution in [3.8, 4) is 5.75 Å². The molecule has 66 valence electrons. The molecule has 2 nitrogen and oxygen atoms in total. The zero-order valence-electron chi connectivity index (χ0n) is 6.60. The molecule has 0 fully saturated rings. The first-order valence-electron chi connectivity index (χ1n) is 3.41. The van der Waals surface area contributed by atoms with Crippen LogP contribution in [-0.2, 0) is 6.54 Å². The Labute approximate surface area is 84.8 Å². The van der Waals surface area contributed by atoms with E-state index in [9.17, 15) is 0 Å². The lowest BCUT2D eigenvalue weighted by atomic mass is 10.2. The third kappa shape index (κ3) is 1.91. The first-order valence-corrected chi connectivity index (χ1v) is 4.58. The van der Waals surface area contributed by atoms with E-state index in [-0.39, 0.29) is 0 Å². The van der Waals surface area contributed by atoms with Crippen LogP contribution in [0.4, 0.5) is 0 Å². The molecule has 0 saturated heterocycles. The zero-order chi connectivity index (χ0) is 9.14. The second-order valence-corrected chi connectivity index (χ2v) is 3.54. The Balaban J connectivity index is 3.18. The molecule has 0 aromatic heterocycles. The average molecular weight is 251 g/mol. The Morgan fingerprint density at radius 2 is 2.25 bits per heavy atom. The van der Waals surface area contributed by atoms with Gasteiger partial charge >= 0.3 is 0 Å². The molecular formula is C8H9BrClNO. The van der Waals surface area contributed by atoms with Crippen LogP contribution in [-0.4, -0.2) is 7.11 Å². The summed E-state index contributed by atoms with van der Waals surface area (Å²) >= 11 is 9.28. The van der Waals surface area contributed by atoms with Crippen LogP contribution in [0.3, 0.4) is 0 Å². The van der Waals surface area contributed by atoms with Crippen molar-refractivity contribution < 1.29 is 4.74 Å². The second kappa shape index (κ2) is 4.12. The molecule has 0 radical (unpaired) electrons. The number of rotatable bonds is 2. The third-order valence-electron chi connectivity index (χ3n) is 1.55. The van der Waals surface area contributed by atoms with Crippen LogP contribution < -0.4 is 10.5 Å². The fourth-order valence-electron chi connectivity index (χ4n) is 0.893. The van der Waals surface area contributed by atoms with Crippen LogP contribution in [0.5, 0.6) is 5.75 Å². The first kappa shape index (κ1) is 9.84. The summed E-state index contributed by atoms with van der Waals surface area (Å²) in [4.78, 5) is 0. The maximum Gasteiger partial charge on any atom is 0.121 e. The number of benzene rings is 1. The summed E-state index contributed by atoms with van der Waals surface area (Å²) in [5.74, 6) is 0.726. The molecule has 0 atom stereocenters. The van der Waals surface area contributed by atoms with E-state index in [1.54, 1.807) is 13.2 Å². The number of methoxy groups -OCH3 is 1. The van der Waals surface area contributed by atoms with Gasteiger partial charge in [-0.05, 0) is 17.7 Å². The van der Waals surface area contributed by atoms with Gasteiger partial charge in [0.05, 0.1) is 7.11 Å². The molecule has 1 aromatic rings. The van der Waals surface area contributed by atoms with Gasteiger partial charge < -0.3 is 10.5 Å². The van der Waals surface area contributed by atoms with Gasteiger partial charge in [-0.3, -0.25) is 0 Å². The highest BCUT2D eigenvalue weighted by atomic mass is 79.9. The molecular weight excluding hydrogens is 241 g/mol. The van der Waals surface area contributed by atoms with Crippen molar-refractivity contribution in [3.63, 3.8) is 0 Å². The fraction of sp³-hybridized carbons (Fsp3) is 0.250. The molecule has 0 bridgehead atoms. The highest BCUT2D eigenvalue weighted by Gasteiger charge is 2.05. The molecule has 0 aliphatic carbocycles. The fourth-order valence-corrected chi connectivity index (χ4v) is 1.89. The summed E-state index contributed by atoms with van der Waals surface area (Å²) in [6, 6.07) is 3.59. The number of nitrogens with two attached hydrogens (primary N) is 1. The van der Waals surface area contributed by atoms with E-state index in [1.807, 2.05) is 6.07 Å². The van der Waals surface area contributed by atoms with E-state index in [2.05, 4.69) is 15.9 Å². The van der Waals surface area contributed by atoms with Gasteiger partial charge in [-0.25, -0.2) is 0 Å². The van der Waals surface area contributed by atoms with Crippen molar-refractivity contribution in [2.75, 3.05) is 7.11 Å². The Bertz CT molecular complexity index is 267. The van der Waals surface area contributed by atoms with Gasteiger partial charge in [-0.1, -0.05) is 27.5 Å². The van der Waals surface area contributed by atoms with Crippen LogP contribution in [0.1, 0.15) is 5.56 Å². The number of hydrogen-bond acceptors (Lipinski definition) is 2. The van der Waals surface area contributed by atoms with E-state index in [1.165, 1.54) is 0 Å². The van der Waals surface area contributed by atoms with Crippen LogP contribution in [0, 0.1) is 0 Å². The van der Waals surface area contributed by atoms with Crippen molar-refractivity contribution in [1.29, 1.82) is 0 Å². The number of hydrogen-bond donors (Lipinski definition) is 1. The van der Waals surface area contributed by atoms with E-state index in [4.69, 9.17) is 22.1 Å². The van der Waals surface area contributed by atoms with E-state index in [0.717, 1.165) is 15.8 Å². The van der Waals surface area contributed by atoms with E-state index in [0.29, 0.717) is 11.6 Å².